The highest BCUT2D eigenvalue weighted by atomic mass is 79.9. The van der Waals surface area contributed by atoms with Crippen molar-refractivity contribution in [3.63, 3.8) is 0 Å². The Morgan fingerprint density at radius 3 is 2.46 bits per heavy atom. The fourth-order valence-corrected chi connectivity index (χ4v) is 3.39. The van der Waals surface area contributed by atoms with Crippen LogP contribution in [0.15, 0.2) is 63.6 Å². The Morgan fingerprint density at radius 2 is 1.75 bits per heavy atom. The van der Waals surface area contributed by atoms with Crippen molar-refractivity contribution in [3.8, 4) is 11.4 Å². The van der Waals surface area contributed by atoms with Gasteiger partial charge < -0.3 is 4.52 Å². The molecule has 0 saturated carbocycles. The summed E-state index contributed by atoms with van der Waals surface area (Å²) in [4.78, 5) is 4.19. The van der Waals surface area contributed by atoms with Crippen LogP contribution < -0.4 is 4.72 Å². The van der Waals surface area contributed by atoms with E-state index >= 15 is 0 Å². The van der Waals surface area contributed by atoms with E-state index in [1.54, 1.807) is 24.3 Å². The van der Waals surface area contributed by atoms with Crippen molar-refractivity contribution in [1.82, 2.24) is 14.9 Å². The van der Waals surface area contributed by atoms with Crippen molar-refractivity contribution in [1.29, 1.82) is 0 Å². The number of sulfonamides is 1. The van der Waals surface area contributed by atoms with Crippen LogP contribution in [-0.4, -0.2) is 18.6 Å². The molecule has 1 N–H and O–H groups in total. The minimum Gasteiger partial charge on any atom is -0.338 e. The van der Waals surface area contributed by atoms with E-state index in [2.05, 4.69) is 30.8 Å². The van der Waals surface area contributed by atoms with Crippen LogP contribution >= 0.6 is 15.9 Å². The molecular weight excluding hydrogens is 394 g/mol. The molecule has 2 aromatic carbocycles. The molecule has 6 nitrogen and oxygen atoms in total. The van der Waals surface area contributed by atoms with Crippen molar-refractivity contribution in [2.75, 3.05) is 0 Å². The lowest BCUT2D eigenvalue weighted by atomic mass is 10.2. The molecule has 0 amide bonds. The largest absolute Gasteiger partial charge is 0.338 e. The molecule has 1 heterocycles. The fraction of sp³-hybridized carbons (Fsp3) is 0.125. The number of halogens is 1. The molecule has 124 valence electrons. The molecule has 3 aromatic rings. The second-order valence-electron chi connectivity index (χ2n) is 5.08. The van der Waals surface area contributed by atoms with Crippen molar-refractivity contribution < 1.29 is 12.9 Å². The Kier molecular flexibility index (Phi) is 5.08. The topological polar surface area (TPSA) is 85.1 Å². The van der Waals surface area contributed by atoms with Crippen LogP contribution in [0.25, 0.3) is 11.4 Å². The first-order chi connectivity index (χ1) is 11.5. The maximum Gasteiger partial charge on any atom is 0.242 e. The van der Waals surface area contributed by atoms with Gasteiger partial charge in [0.15, 0.2) is 0 Å². The highest BCUT2D eigenvalue weighted by Crippen LogP contribution is 2.15. The third-order valence-electron chi connectivity index (χ3n) is 3.21. The minimum atomic E-state index is -3.49. The van der Waals surface area contributed by atoms with E-state index in [0.717, 1.165) is 10.0 Å². The summed E-state index contributed by atoms with van der Waals surface area (Å²) >= 11 is 3.32. The molecule has 0 unspecified atom stereocenters. The van der Waals surface area contributed by atoms with E-state index in [1.165, 1.54) is 0 Å². The first-order valence-electron chi connectivity index (χ1n) is 7.12. The number of hydrogen-bond acceptors (Lipinski definition) is 5. The van der Waals surface area contributed by atoms with Gasteiger partial charge in [0.1, 0.15) is 0 Å². The smallest absolute Gasteiger partial charge is 0.242 e. The number of nitrogens with zero attached hydrogens (tertiary/aromatic N) is 2. The van der Waals surface area contributed by atoms with E-state index in [1.807, 2.05) is 30.3 Å². The SMILES string of the molecule is O=S(=O)(Cc1ccc(Br)cc1)NCc1nc(-c2ccccc2)no1. The second-order valence-corrected chi connectivity index (χ2v) is 7.81. The van der Waals surface area contributed by atoms with Crippen LogP contribution in [0.3, 0.4) is 0 Å². The van der Waals surface area contributed by atoms with Crippen LogP contribution in [0.5, 0.6) is 0 Å². The van der Waals surface area contributed by atoms with E-state index in [4.69, 9.17) is 4.52 Å². The second kappa shape index (κ2) is 7.25. The summed E-state index contributed by atoms with van der Waals surface area (Å²) in [5.74, 6) is 0.533. The van der Waals surface area contributed by atoms with Crippen molar-refractivity contribution in [3.05, 3.63) is 70.5 Å². The first-order valence-corrected chi connectivity index (χ1v) is 9.56. The van der Waals surface area contributed by atoms with Gasteiger partial charge in [-0.3, -0.25) is 0 Å². The maximum absolute atomic E-state index is 12.1. The zero-order valence-electron chi connectivity index (χ0n) is 12.5. The van der Waals surface area contributed by atoms with Gasteiger partial charge in [-0.25, -0.2) is 13.1 Å². The van der Waals surface area contributed by atoms with Crippen LogP contribution in [0.4, 0.5) is 0 Å². The summed E-state index contributed by atoms with van der Waals surface area (Å²) in [6, 6.07) is 16.4. The minimum absolute atomic E-state index is 0.0430. The molecular formula is C16H14BrN3O3S. The molecule has 0 fully saturated rings. The molecule has 0 aliphatic heterocycles. The first kappa shape index (κ1) is 16.8. The van der Waals surface area contributed by atoms with Gasteiger partial charge in [0.25, 0.3) is 0 Å². The predicted octanol–water partition coefficient (Wildman–Crippen LogP) is 3.12. The average molecular weight is 408 g/mol. The Balaban J connectivity index is 1.63. The van der Waals surface area contributed by atoms with Crippen molar-refractivity contribution in [2.45, 2.75) is 12.3 Å². The van der Waals surface area contributed by atoms with Crippen LogP contribution in [-0.2, 0) is 22.3 Å². The molecule has 1 aromatic heterocycles. The number of aromatic nitrogens is 2. The summed E-state index contributed by atoms with van der Waals surface area (Å²) in [6.45, 7) is -0.0430. The van der Waals surface area contributed by atoms with Gasteiger partial charge in [-0.1, -0.05) is 63.6 Å². The Bertz CT molecular complexity index is 909. The third kappa shape index (κ3) is 4.50. The molecule has 0 aliphatic rings. The third-order valence-corrected chi connectivity index (χ3v) is 5.04. The summed E-state index contributed by atoms with van der Waals surface area (Å²) in [7, 11) is -3.49. The Hall–Kier alpha value is -2.03. The van der Waals surface area contributed by atoms with Gasteiger partial charge in [-0.05, 0) is 17.7 Å². The predicted molar refractivity (Wildman–Crippen MR) is 93.3 cm³/mol. The van der Waals surface area contributed by atoms with Gasteiger partial charge in [0.2, 0.25) is 21.7 Å². The van der Waals surface area contributed by atoms with Crippen LogP contribution in [0.2, 0.25) is 0 Å². The molecule has 0 radical (unpaired) electrons. The Labute approximate surface area is 148 Å². The normalized spacial score (nSPS) is 11.5. The molecule has 0 saturated heterocycles. The van der Waals surface area contributed by atoms with Gasteiger partial charge in [0, 0.05) is 10.0 Å². The summed E-state index contributed by atoms with van der Waals surface area (Å²) in [5, 5.41) is 3.85. The summed E-state index contributed by atoms with van der Waals surface area (Å²) < 4.78 is 32.7. The van der Waals surface area contributed by atoms with Gasteiger partial charge in [-0.2, -0.15) is 4.98 Å². The number of rotatable bonds is 6. The average Bonchev–Trinajstić information content (AvgIpc) is 3.05. The van der Waals surface area contributed by atoms with E-state index in [-0.39, 0.29) is 18.2 Å². The highest BCUT2D eigenvalue weighted by molar-refractivity contribution is 9.10. The van der Waals surface area contributed by atoms with E-state index in [0.29, 0.717) is 11.4 Å². The lowest BCUT2D eigenvalue weighted by Gasteiger charge is -2.04. The van der Waals surface area contributed by atoms with Gasteiger partial charge in [0.05, 0.1) is 12.3 Å². The number of hydrogen-bond donors (Lipinski definition) is 1. The lowest BCUT2D eigenvalue weighted by Crippen LogP contribution is -2.24. The van der Waals surface area contributed by atoms with E-state index < -0.39 is 10.0 Å². The van der Waals surface area contributed by atoms with Crippen LogP contribution in [0.1, 0.15) is 11.5 Å². The molecule has 0 atom stereocenters. The van der Waals surface area contributed by atoms with Crippen molar-refractivity contribution >= 4 is 26.0 Å². The summed E-state index contributed by atoms with van der Waals surface area (Å²) in [6.07, 6.45) is 0. The molecule has 0 bridgehead atoms. The number of nitrogens with one attached hydrogen (secondary N) is 1. The maximum atomic E-state index is 12.1. The molecule has 0 spiro atoms. The number of benzene rings is 2. The van der Waals surface area contributed by atoms with Crippen LogP contribution in [0, 0.1) is 0 Å². The van der Waals surface area contributed by atoms with Gasteiger partial charge >= 0.3 is 0 Å². The standard InChI is InChI=1S/C16H14BrN3O3S/c17-14-8-6-12(7-9-14)11-24(21,22)18-10-15-19-16(20-23-15)13-4-2-1-3-5-13/h1-9,18H,10-11H2. The zero-order valence-corrected chi connectivity index (χ0v) is 14.9. The molecule has 3 rings (SSSR count). The fourth-order valence-electron chi connectivity index (χ4n) is 2.05. The Morgan fingerprint density at radius 1 is 1.04 bits per heavy atom. The monoisotopic (exact) mass is 407 g/mol. The molecule has 8 heteroatoms. The lowest BCUT2D eigenvalue weighted by molar-refractivity contribution is 0.376. The molecule has 24 heavy (non-hydrogen) atoms. The van der Waals surface area contributed by atoms with Crippen molar-refractivity contribution in [2.24, 2.45) is 0 Å². The van der Waals surface area contributed by atoms with Gasteiger partial charge in [-0.15, -0.1) is 0 Å². The zero-order chi connectivity index (χ0) is 17.0. The van der Waals surface area contributed by atoms with E-state index in [9.17, 15) is 8.42 Å². The quantitative estimate of drug-likeness (QED) is 0.678. The molecule has 0 aliphatic carbocycles. The highest BCUT2D eigenvalue weighted by Gasteiger charge is 2.14. The summed E-state index contributed by atoms with van der Waals surface area (Å²) in [5.41, 5.74) is 1.51.